The Balaban J connectivity index is 0.00000306. The molecule has 1 aromatic carbocycles. The number of carbonyl (C=O) groups excluding carboxylic acids is 2. The number of likely N-dealkylation sites (tertiary alicyclic amines) is 1. The number of hydrogen-bond acceptors (Lipinski definition) is 3. The predicted molar refractivity (Wildman–Crippen MR) is 143 cm³/mol. The second-order valence-electron chi connectivity index (χ2n) is 9.34. The Hall–Kier alpha value is -1.84. The van der Waals surface area contributed by atoms with E-state index in [1.165, 1.54) is 19.3 Å². The summed E-state index contributed by atoms with van der Waals surface area (Å²) in [5.41, 5.74) is 2.12. The number of rotatable bonds is 5. The summed E-state index contributed by atoms with van der Waals surface area (Å²) in [5.74, 6) is 1.57. The maximum absolute atomic E-state index is 12.8. The summed E-state index contributed by atoms with van der Waals surface area (Å²) in [6, 6.07) is 8.43. The summed E-state index contributed by atoms with van der Waals surface area (Å²) in [4.78, 5) is 33.2. The van der Waals surface area contributed by atoms with E-state index in [-0.39, 0.29) is 41.8 Å². The van der Waals surface area contributed by atoms with E-state index in [1.807, 2.05) is 21.9 Å². The Labute approximate surface area is 214 Å². The van der Waals surface area contributed by atoms with Crippen LogP contribution >= 0.6 is 24.0 Å². The van der Waals surface area contributed by atoms with Crippen LogP contribution in [0.3, 0.4) is 0 Å². The number of anilines is 1. The standard InChI is InChI=1S/C25H37N5O2.HI/c1-26-25(28-21-14-16-29(18-21)24(32)20-7-3-2-4-8-20)27-17-19-10-12-22(13-11-19)30-15-6-5-9-23(30)31;/h10-13,20-21H,2-9,14-18H2,1H3,(H2,26,27,28);1H. The van der Waals surface area contributed by atoms with Gasteiger partial charge >= 0.3 is 0 Å². The fraction of sp³-hybridized carbons (Fsp3) is 0.640. The third-order valence-corrected chi connectivity index (χ3v) is 7.05. The molecule has 1 unspecified atom stereocenters. The first kappa shape index (κ1) is 25.8. The zero-order chi connectivity index (χ0) is 22.3. The zero-order valence-electron chi connectivity index (χ0n) is 19.7. The largest absolute Gasteiger partial charge is 0.352 e. The van der Waals surface area contributed by atoms with Crippen LogP contribution in [0.15, 0.2) is 29.3 Å². The highest BCUT2D eigenvalue weighted by Gasteiger charge is 2.31. The fourth-order valence-corrected chi connectivity index (χ4v) is 5.13. The quantitative estimate of drug-likeness (QED) is 0.324. The van der Waals surface area contributed by atoms with Crippen molar-refractivity contribution in [1.82, 2.24) is 15.5 Å². The first-order valence-corrected chi connectivity index (χ1v) is 12.3. The second kappa shape index (κ2) is 12.6. The number of piperidine rings is 1. The van der Waals surface area contributed by atoms with Gasteiger partial charge in [0.25, 0.3) is 0 Å². The van der Waals surface area contributed by atoms with E-state index >= 15 is 0 Å². The van der Waals surface area contributed by atoms with Gasteiger partial charge in [0.1, 0.15) is 0 Å². The second-order valence-corrected chi connectivity index (χ2v) is 9.34. The molecule has 0 radical (unpaired) electrons. The number of amides is 2. The SMILES string of the molecule is CN=C(NCc1ccc(N2CCCCC2=O)cc1)NC1CCN(C(=O)C2CCCCC2)C1.I. The maximum Gasteiger partial charge on any atom is 0.226 e. The number of aliphatic imine (C=N–C) groups is 1. The molecule has 4 rings (SSSR count). The van der Waals surface area contributed by atoms with Crippen molar-refractivity contribution in [3.05, 3.63) is 29.8 Å². The molecule has 3 aliphatic rings. The van der Waals surface area contributed by atoms with Crippen LogP contribution in [-0.2, 0) is 16.1 Å². The Morgan fingerprint density at radius 3 is 2.48 bits per heavy atom. The van der Waals surface area contributed by atoms with Gasteiger partial charge in [0.15, 0.2) is 5.96 Å². The molecule has 8 heteroatoms. The normalized spacial score (nSPS) is 22.2. The van der Waals surface area contributed by atoms with Gasteiger partial charge in [-0.2, -0.15) is 0 Å². The zero-order valence-corrected chi connectivity index (χ0v) is 22.1. The van der Waals surface area contributed by atoms with Crippen LogP contribution < -0.4 is 15.5 Å². The third kappa shape index (κ3) is 6.83. The van der Waals surface area contributed by atoms with Gasteiger partial charge in [-0.25, -0.2) is 0 Å². The Morgan fingerprint density at radius 2 is 1.79 bits per heavy atom. The summed E-state index contributed by atoms with van der Waals surface area (Å²) >= 11 is 0. The number of nitrogens with zero attached hydrogens (tertiary/aromatic N) is 3. The highest BCUT2D eigenvalue weighted by molar-refractivity contribution is 14.0. The van der Waals surface area contributed by atoms with E-state index in [9.17, 15) is 9.59 Å². The van der Waals surface area contributed by atoms with Crippen LogP contribution in [0.1, 0.15) is 63.4 Å². The molecule has 3 fully saturated rings. The molecular formula is C25H38IN5O2. The smallest absolute Gasteiger partial charge is 0.226 e. The van der Waals surface area contributed by atoms with Crippen molar-refractivity contribution < 1.29 is 9.59 Å². The molecule has 182 valence electrons. The lowest BCUT2D eigenvalue weighted by Gasteiger charge is -2.27. The van der Waals surface area contributed by atoms with E-state index < -0.39 is 0 Å². The van der Waals surface area contributed by atoms with Crippen molar-refractivity contribution >= 4 is 47.4 Å². The van der Waals surface area contributed by atoms with Crippen molar-refractivity contribution in [2.24, 2.45) is 10.9 Å². The van der Waals surface area contributed by atoms with Crippen LogP contribution in [0.2, 0.25) is 0 Å². The van der Waals surface area contributed by atoms with Crippen LogP contribution in [0.4, 0.5) is 5.69 Å². The minimum atomic E-state index is 0. The predicted octanol–water partition coefficient (Wildman–Crippen LogP) is 3.67. The Morgan fingerprint density at radius 1 is 1.03 bits per heavy atom. The molecule has 1 saturated carbocycles. The van der Waals surface area contributed by atoms with Gasteiger partial charge in [0, 0.05) is 57.3 Å². The molecule has 1 atom stereocenters. The number of halogens is 1. The average Bonchev–Trinajstić information content (AvgIpc) is 3.31. The summed E-state index contributed by atoms with van der Waals surface area (Å²) in [6.07, 6.45) is 9.44. The molecule has 2 aliphatic heterocycles. The monoisotopic (exact) mass is 567 g/mol. The minimum absolute atomic E-state index is 0. The van der Waals surface area contributed by atoms with Crippen molar-refractivity contribution in [2.75, 3.05) is 31.6 Å². The summed E-state index contributed by atoms with van der Waals surface area (Å²) in [6.45, 7) is 3.06. The molecule has 0 bridgehead atoms. The first-order chi connectivity index (χ1) is 15.6. The molecule has 2 heterocycles. The number of hydrogen-bond donors (Lipinski definition) is 2. The van der Waals surface area contributed by atoms with Gasteiger partial charge in [-0.15, -0.1) is 24.0 Å². The molecule has 2 saturated heterocycles. The average molecular weight is 568 g/mol. The third-order valence-electron chi connectivity index (χ3n) is 7.05. The number of benzene rings is 1. The van der Waals surface area contributed by atoms with E-state index in [4.69, 9.17) is 0 Å². The van der Waals surface area contributed by atoms with Crippen LogP contribution in [0, 0.1) is 5.92 Å². The lowest BCUT2D eigenvalue weighted by Crippen LogP contribution is -2.45. The van der Waals surface area contributed by atoms with Gasteiger partial charge in [-0.05, 0) is 49.8 Å². The van der Waals surface area contributed by atoms with Gasteiger partial charge in [0.05, 0.1) is 0 Å². The van der Waals surface area contributed by atoms with Crippen LogP contribution in [0.5, 0.6) is 0 Å². The topological polar surface area (TPSA) is 77.0 Å². The molecule has 0 spiro atoms. The van der Waals surface area contributed by atoms with Crippen LogP contribution in [0.25, 0.3) is 0 Å². The number of guanidine groups is 1. The van der Waals surface area contributed by atoms with Crippen molar-refractivity contribution in [1.29, 1.82) is 0 Å². The highest BCUT2D eigenvalue weighted by atomic mass is 127. The van der Waals surface area contributed by atoms with Gasteiger partial charge in [-0.1, -0.05) is 31.4 Å². The molecular weight excluding hydrogens is 529 g/mol. The van der Waals surface area contributed by atoms with E-state index in [0.717, 1.165) is 68.9 Å². The van der Waals surface area contributed by atoms with Crippen LogP contribution in [-0.4, -0.2) is 55.4 Å². The molecule has 2 N–H and O–H groups in total. The van der Waals surface area contributed by atoms with Crippen molar-refractivity contribution in [3.63, 3.8) is 0 Å². The van der Waals surface area contributed by atoms with Crippen molar-refractivity contribution in [3.8, 4) is 0 Å². The summed E-state index contributed by atoms with van der Waals surface area (Å²) < 4.78 is 0. The molecule has 1 aromatic rings. The van der Waals surface area contributed by atoms with Gasteiger partial charge in [0.2, 0.25) is 11.8 Å². The summed E-state index contributed by atoms with van der Waals surface area (Å²) in [5, 5.41) is 6.87. The Bertz CT molecular complexity index is 823. The maximum atomic E-state index is 12.8. The molecule has 33 heavy (non-hydrogen) atoms. The minimum Gasteiger partial charge on any atom is -0.352 e. The molecule has 7 nitrogen and oxygen atoms in total. The lowest BCUT2D eigenvalue weighted by molar-refractivity contribution is -0.135. The summed E-state index contributed by atoms with van der Waals surface area (Å²) in [7, 11) is 1.78. The molecule has 2 amide bonds. The number of carbonyl (C=O) groups is 2. The van der Waals surface area contributed by atoms with E-state index in [1.54, 1.807) is 7.05 Å². The van der Waals surface area contributed by atoms with Gasteiger partial charge < -0.3 is 20.4 Å². The fourth-order valence-electron chi connectivity index (χ4n) is 5.13. The lowest BCUT2D eigenvalue weighted by atomic mass is 9.88. The first-order valence-electron chi connectivity index (χ1n) is 12.3. The molecule has 1 aliphatic carbocycles. The Kier molecular flexibility index (Phi) is 9.82. The highest BCUT2D eigenvalue weighted by Crippen LogP contribution is 2.27. The van der Waals surface area contributed by atoms with Gasteiger partial charge in [-0.3, -0.25) is 14.6 Å². The van der Waals surface area contributed by atoms with E-state index in [0.29, 0.717) is 18.9 Å². The van der Waals surface area contributed by atoms with E-state index in [2.05, 4.69) is 27.8 Å². The van der Waals surface area contributed by atoms with Crippen molar-refractivity contribution in [2.45, 2.75) is 70.4 Å². The number of nitrogens with one attached hydrogen (secondary N) is 2. The molecule has 0 aromatic heterocycles.